The Hall–Kier alpha value is -2.13. The van der Waals surface area contributed by atoms with Crippen LogP contribution in [0.5, 0.6) is 0 Å². The van der Waals surface area contributed by atoms with Crippen molar-refractivity contribution in [2.45, 2.75) is 13.5 Å². The molecule has 0 saturated heterocycles. The lowest BCUT2D eigenvalue weighted by molar-refractivity contribution is 0.0697. The monoisotopic (exact) mass is 242 g/mol. The Kier molecular flexibility index (Phi) is 3.44. The molecule has 0 aliphatic carbocycles. The van der Waals surface area contributed by atoms with Gasteiger partial charge in [-0.15, -0.1) is 0 Å². The lowest BCUT2D eigenvalue weighted by Gasteiger charge is -2.12. The van der Waals surface area contributed by atoms with Crippen molar-refractivity contribution >= 4 is 5.97 Å². The number of carboxylic acid groups (broad SMARTS) is 1. The highest BCUT2D eigenvalue weighted by Crippen LogP contribution is 2.29. The van der Waals surface area contributed by atoms with Crippen molar-refractivity contribution < 1.29 is 15.0 Å². The third kappa shape index (κ3) is 2.13. The van der Waals surface area contributed by atoms with Crippen LogP contribution in [-0.4, -0.2) is 16.2 Å². The zero-order valence-corrected chi connectivity index (χ0v) is 10.1. The predicted octanol–water partition coefficient (Wildman–Crippen LogP) is 2.85. The standard InChI is InChI=1S/C15H14O3/c1-10-5-4-8-12(14(10)9-16)11-6-2-3-7-13(11)15(17)18/h2-8,16H,9H2,1H3,(H,17,18). The summed E-state index contributed by atoms with van der Waals surface area (Å²) in [5.41, 5.74) is 3.38. The van der Waals surface area contributed by atoms with Crippen LogP contribution in [0.25, 0.3) is 11.1 Å². The predicted molar refractivity (Wildman–Crippen MR) is 69.5 cm³/mol. The summed E-state index contributed by atoms with van der Waals surface area (Å²) in [5, 5.41) is 18.6. The van der Waals surface area contributed by atoms with Crippen molar-refractivity contribution in [2.24, 2.45) is 0 Å². The average molecular weight is 242 g/mol. The van der Waals surface area contributed by atoms with Crippen LogP contribution < -0.4 is 0 Å². The van der Waals surface area contributed by atoms with E-state index in [0.29, 0.717) is 5.56 Å². The SMILES string of the molecule is Cc1cccc(-c2ccccc2C(=O)O)c1CO. The van der Waals surface area contributed by atoms with Crippen molar-refractivity contribution in [1.82, 2.24) is 0 Å². The van der Waals surface area contributed by atoms with E-state index in [1.54, 1.807) is 24.3 Å². The van der Waals surface area contributed by atoms with Gasteiger partial charge in [-0.2, -0.15) is 0 Å². The van der Waals surface area contributed by atoms with Gasteiger partial charge in [0, 0.05) is 0 Å². The van der Waals surface area contributed by atoms with Crippen LogP contribution in [0.2, 0.25) is 0 Å². The third-order valence-electron chi connectivity index (χ3n) is 3.02. The van der Waals surface area contributed by atoms with Crippen molar-refractivity contribution in [2.75, 3.05) is 0 Å². The fourth-order valence-corrected chi connectivity index (χ4v) is 2.07. The maximum atomic E-state index is 11.2. The molecule has 2 aromatic carbocycles. The van der Waals surface area contributed by atoms with Crippen LogP contribution in [-0.2, 0) is 6.61 Å². The molecule has 3 nitrogen and oxygen atoms in total. The van der Waals surface area contributed by atoms with Crippen molar-refractivity contribution in [3.8, 4) is 11.1 Å². The summed E-state index contributed by atoms with van der Waals surface area (Å²) in [6, 6.07) is 12.4. The summed E-state index contributed by atoms with van der Waals surface area (Å²) in [6.45, 7) is 1.80. The van der Waals surface area contributed by atoms with E-state index in [0.717, 1.165) is 16.7 Å². The van der Waals surface area contributed by atoms with Crippen molar-refractivity contribution in [3.05, 3.63) is 59.2 Å². The molecule has 0 heterocycles. The molecule has 0 amide bonds. The molecular weight excluding hydrogens is 228 g/mol. The molecule has 0 spiro atoms. The normalized spacial score (nSPS) is 10.3. The van der Waals surface area contributed by atoms with Crippen LogP contribution in [0.1, 0.15) is 21.5 Å². The molecule has 0 fully saturated rings. The highest BCUT2D eigenvalue weighted by atomic mass is 16.4. The summed E-state index contributed by atoms with van der Waals surface area (Å²) in [4.78, 5) is 11.2. The minimum atomic E-state index is -0.962. The van der Waals surface area contributed by atoms with E-state index in [1.807, 2.05) is 25.1 Å². The molecule has 3 heteroatoms. The number of aliphatic hydroxyl groups is 1. The van der Waals surface area contributed by atoms with Gasteiger partial charge in [-0.1, -0.05) is 36.4 Å². The first-order chi connectivity index (χ1) is 8.65. The third-order valence-corrected chi connectivity index (χ3v) is 3.02. The number of aliphatic hydroxyl groups excluding tert-OH is 1. The second-order valence-electron chi connectivity index (χ2n) is 4.11. The zero-order valence-electron chi connectivity index (χ0n) is 10.1. The van der Waals surface area contributed by atoms with Crippen LogP contribution in [0.15, 0.2) is 42.5 Å². The molecular formula is C15H14O3. The van der Waals surface area contributed by atoms with Gasteiger partial charge in [-0.25, -0.2) is 4.79 Å². The van der Waals surface area contributed by atoms with Gasteiger partial charge in [0.1, 0.15) is 0 Å². The Morgan fingerprint density at radius 1 is 1.06 bits per heavy atom. The fraction of sp³-hybridized carbons (Fsp3) is 0.133. The Labute approximate surface area is 105 Å². The minimum absolute atomic E-state index is 0.101. The summed E-state index contributed by atoms with van der Waals surface area (Å²) in [5.74, 6) is -0.962. The molecule has 0 aliphatic heterocycles. The zero-order chi connectivity index (χ0) is 13.1. The molecule has 0 unspecified atom stereocenters. The minimum Gasteiger partial charge on any atom is -0.478 e. The van der Waals surface area contributed by atoms with Gasteiger partial charge in [0.15, 0.2) is 0 Å². The van der Waals surface area contributed by atoms with E-state index in [1.165, 1.54) is 0 Å². The van der Waals surface area contributed by atoms with Crippen LogP contribution >= 0.6 is 0 Å². The van der Waals surface area contributed by atoms with E-state index >= 15 is 0 Å². The van der Waals surface area contributed by atoms with Gasteiger partial charge in [0.05, 0.1) is 12.2 Å². The number of aromatic carboxylic acids is 1. The van der Waals surface area contributed by atoms with Crippen molar-refractivity contribution in [1.29, 1.82) is 0 Å². The lowest BCUT2D eigenvalue weighted by atomic mass is 9.93. The van der Waals surface area contributed by atoms with E-state index in [9.17, 15) is 15.0 Å². The number of hydrogen-bond donors (Lipinski definition) is 2. The molecule has 0 aliphatic rings. The van der Waals surface area contributed by atoms with Gasteiger partial charge < -0.3 is 10.2 Å². The first-order valence-corrected chi connectivity index (χ1v) is 5.67. The van der Waals surface area contributed by atoms with E-state index in [-0.39, 0.29) is 12.2 Å². The molecule has 92 valence electrons. The second kappa shape index (κ2) is 5.02. The Balaban J connectivity index is 2.70. The molecule has 2 rings (SSSR count). The molecule has 2 aromatic rings. The average Bonchev–Trinajstić information content (AvgIpc) is 2.38. The van der Waals surface area contributed by atoms with Crippen LogP contribution in [0.4, 0.5) is 0 Å². The summed E-state index contributed by atoms with van der Waals surface area (Å²) in [7, 11) is 0. The smallest absolute Gasteiger partial charge is 0.336 e. The van der Waals surface area contributed by atoms with Gasteiger partial charge in [0.2, 0.25) is 0 Å². The number of carbonyl (C=O) groups is 1. The maximum Gasteiger partial charge on any atom is 0.336 e. The Morgan fingerprint density at radius 3 is 2.39 bits per heavy atom. The molecule has 0 aromatic heterocycles. The quantitative estimate of drug-likeness (QED) is 0.870. The van der Waals surface area contributed by atoms with E-state index < -0.39 is 5.97 Å². The first kappa shape index (κ1) is 12.3. The molecule has 0 radical (unpaired) electrons. The van der Waals surface area contributed by atoms with Gasteiger partial charge in [-0.05, 0) is 35.2 Å². The lowest BCUT2D eigenvalue weighted by Crippen LogP contribution is -2.01. The summed E-state index contributed by atoms with van der Waals surface area (Å²) < 4.78 is 0. The Bertz CT molecular complexity index is 588. The Morgan fingerprint density at radius 2 is 1.72 bits per heavy atom. The second-order valence-corrected chi connectivity index (χ2v) is 4.11. The van der Waals surface area contributed by atoms with Gasteiger partial charge >= 0.3 is 5.97 Å². The fourth-order valence-electron chi connectivity index (χ4n) is 2.07. The molecule has 0 bridgehead atoms. The first-order valence-electron chi connectivity index (χ1n) is 5.67. The highest BCUT2D eigenvalue weighted by Gasteiger charge is 2.14. The van der Waals surface area contributed by atoms with Crippen LogP contribution in [0, 0.1) is 6.92 Å². The van der Waals surface area contributed by atoms with E-state index in [4.69, 9.17) is 0 Å². The summed E-state index contributed by atoms with van der Waals surface area (Å²) >= 11 is 0. The van der Waals surface area contributed by atoms with E-state index in [2.05, 4.69) is 0 Å². The van der Waals surface area contributed by atoms with Crippen molar-refractivity contribution in [3.63, 3.8) is 0 Å². The topological polar surface area (TPSA) is 57.5 Å². The molecule has 0 atom stereocenters. The van der Waals surface area contributed by atoms with Crippen LogP contribution in [0.3, 0.4) is 0 Å². The molecule has 2 N–H and O–H groups in total. The number of rotatable bonds is 3. The largest absolute Gasteiger partial charge is 0.478 e. The van der Waals surface area contributed by atoms with Gasteiger partial charge in [0.25, 0.3) is 0 Å². The highest BCUT2D eigenvalue weighted by molar-refractivity contribution is 5.96. The molecule has 18 heavy (non-hydrogen) atoms. The number of hydrogen-bond acceptors (Lipinski definition) is 2. The number of aryl methyl sites for hydroxylation is 1. The maximum absolute atomic E-state index is 11.2. The summed E-state index contributed by atoms with van der Waals surface area (Å²) in [6.07, 6.45) is 0. The number of benzene rings is 2. The van der Waals surface area contributed by atoms with Gasteiger partial charge in [-0.3, -0.25) is 0 Å². The molecule has 0 saturated carbocycles. The number of carboxylic acids is 1.